The van der Waals surface area contributed by atoms with Crippen LogP contribution in [0.4, 0.5) is 0 Å². The van der Waals surface area contributed by atoms with Gasteiger partial charge in [0.2, 0.25) is 0 Å². The predicted molar refractivity (Wildman–Crippen MR) is 60.8 cm³/mol. The highest BCUT2D eigenvalue weighted by Crippen LogP contribution is 2.09. The van der Waals surface area contributed by atoms with E-state index in [0.717, 1.165) is 6.42 Å². The number of ether oxygens (including phenoxy) is 1. The molecule has 0 aliphatic heterocycles. The van der Waals surface area contributed by atoms with Gasteiger partial charge in [-0.15, -0.1) is 0 Å². The van der Waals surface area contributed by atoms with Crippen LogP contribution >= 0.6 is 0 Å². The fourth-order valence-corrected chi connectivity index (χ4v) is 1.32. The highest BCUT2D eigenvalue weighted by Gasteiger charge is 2.12. The van der Waals surface area contributed by atoms with Crippen molar-refractivity contribution in [3.05, 3.63) is 35.4 Å². The SMILES string of the molecule is CCC(C)OCC(=O)c1ccccc1C(=O)[O-]. The van der Waals surface area contributed by atoms with Gasteiger partial charge in [0, 0.05) is 11.1 Å². The van der Waals surface area contributed by atoms with Crippen molar-refractivity contribution in [3.63, 3.8) is 0 Å². The third kappa shape index (κ3) is 3.67. The Labute approximate surface area is 100 Å². The lowest BCUT2D eigenvalue weighted by Crippen LogP contribution is -2.26. The summed E-state index contributed by atoms with van der Waals surface area (Å²) < 4.78 is 5.28. The third-order valence-electron chi connectivity index (χ3n) is 2.52. The molecule has 4 nitrogen and oxygen atoms in total. The Kier molecular flexibility index (Phi) is 4.84. The van der Waals surface area contributed by atoms with Gasteiger partial charge in [0.25, 0.3) is 0 Å². The molecule has 0 amide bonds. The van der Waals surface area contributed by atoms with Crippen molar-refractivity contribution < 1.29 is 19.4 Å². The van der Waals surface area contributed by atoms with E-state index in [-0.39, 0.29) is 29.6 Å². The lowest BCUT2D eigenvalue weighted by molar-refractivity contribution is -0.255. The number of rotatable bonds is 6. The molecule has 0 fully saturated rings. The summed E-state index contributed by atoms with van der Waals surface area (Å²) in [5.74, 6) is -1.69. The molecule has 0 radical (unpaired) electrons. The van der Waals surface area contributed by atoms with Crippen molar-refractivity contribution in [1.82, 2.24) is 0 Å². The van der Waals surface area contributed by atoms with Crippen molar-refractivity contribution in [2.24, 2.45) is 0 Å². The Balaban J connectivity index is 2.78. The third-order valence-corrected chi connectivity index (χ3v) is 2.52. The van der Waals surface area contributed by atoms with E-state index >= 15 is 0 Å². The number of hydrogen-bond acceptors (Lipinski definition) is 4. The monoisotopic (exact) mass is 235 g/mol. The van der Waals surface area contributed by atoms with E-state index in [1.807, 2.05) is 13.8 Å². The number of carbonyl (C=O) groups excluding carboxylic acids is 2. The van der Waals surface area contributed by atoms with Gasteiger partial charge in [-0.2, -0.15) is 0 Å². The van der Waals surface area contributed by atoms with Crippen LogP contribution in [0.1, 0.15) is 41.0 Å². The quantitative estimate of drug-likeness (QED) is 0.691. The van der Waals surface area contributed by atoms with Crippen LogP contribution in [0.2, 0.25) is 0 Å². The highest BCUT2D eigenvalue weighted by atomic mass is 16.5. The number of carboxylic acids is 1. The second kappa shape index (κ2) is 6.15. The molecule has 0 aliphatic rings. The number of carbonyl (C=O) groups is 2. The minimum absolute atomic E-state index is 0.0194. The Morgan fingerprint density at radius 3 is 2.41 bits per heavy atom. The fraction of sp³-hybridized carbons (Fsp3) is 0.385. The van der Waals surface area contributed by atoms with Crippen molar-refractivity contribution >= 4 is 11.8 Å². The molecule has 0 aliphatic carbocycles. The van der Waals surface area contributed by atoms with Gasteiger partial charge >= 0.3 is 0 Å². The molecule has 17 heavy (non-hydrogen) atoms. The fourth-order valence-electron chi connectivity index (χ4n) is 1.32. The minimum atomic E-state index is -1.35. The smallest absolute Gasteiger partial charge is 0.189 e. The summed E-state index contributed by atoms with van der Waals surface area (Å²) >= 11 is 0. The van der Waals surface area contributed by atoms with Crippen LogP contribution in [0, 0.1) is 0 Å². The Morgan fingerprint density at radius 2 is 1.88 bits per heavy atom. The maximum Gasteiger partial charge on any atom is 0.189 e. The lowest BCUT2D eigenvalue weighted by Gasteiger charge is -2.12. The van der Waals surface area contributed by atoms with Gasteiger partial charge in [-0.05, 0) is 13.3 Å². The van der Waals surface area contributed by atoms with Crippen molar-refractivity contribution in [2.75, 3.05) is 6.61 Å². The van der Waals surface area contributed by atoms with Gasteiger partial charge < -0.3 is 14.6 Å². The van der Waals surface area contributed by atoms with Gasteiger partial charge in [0.15, 0.2) is 5.78 Å². The molecular weight excluding hydrogens is 220 g/mol. The Hall–Kier alpha value is -1.68. The number of hydrogen-bond donors (Lipinski definition) is 0. The van der Waals surface area contributed by atoms with Crippen molar-refractivity contribution in [3.8, 4) is 0 Å². The summed E-state index contributed by atoms with van der Waals surface area (Å²) in [4.78, 5) is 22.6. The normalized spacial score (nSPS) is 12.1. The van der Waals surface area contributed by atoms with Gasteiger partial charge in [0.1, 0.15) is 6.61 Å². The first-order valence-electron chi connectivity index (χ1n) is 5.51. The Morgan fingerprint density at radius 1 is 1.29 bits per heavy atom. The lowest BCUT2D eigenvalue weighted by atomic mass is 10.0. The van der Waals surface area contributed by atoms with Gasteiger partial charge in [0.05, 0.1) is 12.1 Å². The van der Waals surface area contributed by atoms with E-state index in [1.165, 1.54) is 12.1 Å². The minimum Gasteiger partial charge on any atom is -0.545 e. The van der Waals surface area contributed by atoms with Gasteiger partial charge in [-0.1, -0.05) is 31.2 Å². The zero-order valence-electron chi connectivity index (χ0n) is 9.93. The first-order valence-corrected chi connectivity index (χ1v) is 5.51. The second-order valence-corrected chi connectivity index (χ2v) is 3.79. The van der Waals surface area contributed by atoms with E-state index in [2.05, 4.69) is 0 Å². The zero-order valence-corrected chi connectivity index (χ0v) is 9.93. The molecule has 1 unspecified atom stereocenters. The summed E-state index contributed by atoms with van der Waals surface area (Å²) in [5, 5.41) is 10.8. The molecular formula is C13H15O4-. The van der Waals surface area contributed by atoms with Crippen LogP contribution in [0.3, 0.4) is 0 Å². The van der Waals surface area contributed by atoms with E-state index in [4.69, 9.17) is 4.74 Å². The summed E-state index contributed by atoms with van der Waals surface area (Å²) in [6.07, 6.45) is 0.782. The predicted octanol–water partition coefficient (Wildman–Crippen LogP) is 1.05. The molecule has 0 N–H and O–H groups in total. The Bertz CT molecular complexity index is 412. The van der Waals surface area contributed by atoms with Gasteiger partial charge in [-0.3, -0.25) is 4.79 Å². The standard InChI is InChI=1S/C13H16O4/c1-3-9(2)17-8-12(14)10-6-4-5-7-11(10)13(15)16/h4-7,9H,3,8H2,1-2H3,(H,15,16)/p-1. The maximum atomic E-state index is 11.8. The molecule has 92 valence electrons. The number of benzene rings is 1. The summed E-state index contributed by atoms with van der Waals surface area (Å²) in [6.45, 7) is 3.70. The topological polar surface area (TPSA) is 66.4 Å². The van der Waals surface area contributed by atoms with E-state index in [1.54, 1.807) is 12.1 Å². The molecule has 1 aromatic rings. The van der Waals surface area contributed by atoms with Gasteiger partial charge in [-0.25, -0.2) is 0 Å². The van der Waals surface area contributed by atoms with Crippen molar-refractivity contribution in [2.45, 2.75) is 26.4 Å². The van der Waals surface area contributed by atoms with E-state index < -0.39 is 5.97 Å². The molecule has 1 aromatic carbocycles. The summed E-state index contributed by atoms with van der Waals surface area (Å²) in [6, 6.07) is 5.99. The molecule has 1 atom stereocenters. The average molecular weight is 235 g/mol. The molecule has 1 rings (SSSR count). The summed E-state index contributed by atoms with van der Waals surface area (Å²) in [5.41, 5.74) is 0.0426. The largest absolute Gasteiger partial charge is 0.545 e. The molecule has 0 spiro atoms. The first kappa shape index (κ1) is 13.4. The second-order valence-electron chi connectivity index (χ2n) is 3.79. The van der Waals surface area contributed by atoms with Crippen LogP contribution in [-0.4, -0.2) is 24.5 Å². The van der Waals surface area contributed by atoms with E-state index in [9.17, 15) is 14.7 Å². The van der Waals surface area contributed by atoms with E-state index in [0.29, 0.717) is 0 Å². The summed E-state index contributed by atoms with van der Waals surface area (Å²) in [7, 11) is 0. The molecule has 0 bridgehead atoms. The molecule has 4 heteroatoms. The van der Waals surface area contributed by atoms with Crippen LogP contribution in [-0.2, 0) is 4.74 Å². The van der Waals surface area contributed by atoms with Crippen LogP contribution in [0.5, 0.6) is 0 Å². The molecule has 0 saturated carbocycles. The molecule has 0 heterocycles. The van der Waals surface area contributed by atoms with Crippen LogP contribution in [0.25, 0.3) is 0 Å². The zero-order chi connectivity index (χ0) is 12.8. The molecule has 0 aromatic heterocycles. The number of ketones is 1. The number of aromatic carboxylic acids is 1. The number of carboxylic acid groups (broad SMARTS) is 1. The van der Waals surface area contributed by atoms with Crippen LogP contribution in [0.15, 0.2) is 24.3 Å². The number of Topliss-reactive ketones (excluding diaryl/α,β-unsaturated/α-hetero) is 1. The average Bonchev–Trinajstić information content (AvgIpc) is 2.35. The van der Waals surface area contributed by atoms with Crippen molar-refractivity contribution in [1.29, 1.82) is 0 Å². The highest BCUT2D eigenvalue weighted by molar-refractivity contribution is 6.05. The maximum absolute atomic E-state index is 11.8. The van der Waals surface area contributed by atoms with Crippen LogP contribution < -0.4 is 5.11 Å². The first-order chi connectivity index (χ1) is 8.06. The molecule has 0 saturated heterocycles.